The molecule has 0 aromatic heterocycles. The van der Waals surface area contributed by atoms with Gasteiger partial charge in [0.1, 0.15) is 0 Å². The van der Waals surface area contributed by atoms with Crippen molar-refractivity contribution in [3.8, 4) is 0 Å². The van der Waals surface area contributed by atoms with E-state index in [0.29, 0.717) is 18.7 Å². The van der Waals surface area contributed by atoms with Gasteiger partial charge in [0.05, 0.1) is 4.90 Å². The van der Waals surface area contributed by atoms with Crippen LogP contribution < -0.4 is 10.0 Å². The largest absolute Gasteiger partial charge is 0.326 e. The molecule has 134 valence electrons. The lowest BCUT2D eigenvalue weighted by molar-refractivity contribution is -0.114. The van der Waals surface area contributed by atoms with Crippen LogP contribution >= 0.6 is 0 Å². The first-order chi connectivity index (χ1) is 12.5. The van der Waals surface area contributed by atoms with Crippen molar-refractivity contribution in [2.75, 3.05) is 11.9 Å². The summed E-state index contributed by atoms with van der Waals surface area (Å²) in [4.78, 5) is 11.5. The number of carbonyl (C=O) groups is 1. The smallest absolute Gasteiger partial charge is 0.240 e. The van der Waals surface area contributed by atoms with E-state index in [0.717, 1.165) is 16.3 Å². The predicted octanol–water partition coefficient (Wildman–Crippen LogP) is 3.32. The summed E-state index contributed by atoms with van der Waals surface area (Å²) >= 11 is 0. The summed E-state index contributed by atoms with van der Waals surface area (Å²) in [5, 5.41) is 4.30. The summed E-state index contributed by atoms with van der Waals surface area (Å²) in [5.74, 6) is -0.170. The highest BCUT2D eigenvalue weighted by Crippen LogP contribution is 2.26. The highest BCUT2D eigenvalue weighted by Gasteiger charge is 2.14. The summed E-state index contributed by atoms with van der Waals surface area (Å²) < 4.78 is 27.7. The Balaban J connectivity index is 1.79. The first kappa shape index (κ1) is 18.1. The van der Waals surface area contributed by atoms with Gasteiger partial charge in [0.25, 0.3) is 0 Å². The number of fused-ring (bicyclic) bond motifs is 1. The summed E-state index contributed by atoms with van der Waals surface area (Å²) in [6, 6.07) is 20.0. The van der Waals surface area contributed by atoms with Crippen LogP contribution in [0, 0.1) is 0 Å². The number of carbonyl (C=O) groups excluding carboxylic acids is 1. The predicted molar refractivity (Wildman–Crippen MR) is 104 cm³/mol. The molecule has 0 unspecified atom stereocenters. The van der Waals surface area contributed by atoms with Gasteiger partial charge in [0.2, 0.25) is 15.9 Å². The Labute approximate surface area is 153 Å². The van der Waals surface area contributed by atoms with Crippen LogP contribution in [0.15, 0.2) is 71.6 Å². The maximum atomic E-state index is 12.5. The molecule has 0 spiro atoms. The lowest BCUT2D eigenvalue weighted by Gasteiger charge is -2.10. The number of rotatable bonds is 6. The molecular weight excluding hydrogens is 348 g/mol. The number of hydrogen-bond acceptors (Lipinski definition) is 3. The third-order valence-corrected chi connectivity index (χ3v) is 5.48. The molecule has 5 nitrogen and oxygen atoms in total. The van der Waals surface area contributed by atoms with E-state index in [2.05, 4.69) is 10.0 Å². The molecule has 0 saturated carbocycles. The van der Waals surface area contributed by atoms with E-state index in [1.807, 2.05) is 36.4 Å². The third kappa shape index (κ3) is 4.28. The van der Waals surface area contributed by atoms with Crippen LogP contribution in [0.4, 0.5) is 5.69 Å². The molecule has 1 amide bonds. The van der Waals surface area contributed by atoms with E-state index >= 15 is 0 Å². The van der Waals surface area contributed by atoms with E-state index in [-0.39, 0.29) is 10.8 Å². The molecule has 2 N–H and O–H groups in total. The fraction of sp³-hybridized carbons (Fsp3) is 0.150. The van der Waals surface area contributed by atoms with Crippen LogP contribution in [0.25, 0.3) is 10.8 Å². The van der Waals surface area contributed by atoms with Crippen molar-refractivity contribution in [2.24, 2.45) is 0 Å². The molecule has 0 aliphatic heterocycles. The van der Waals surface area contributed by atoms with Gasteiger partial charge in [-0.05, 0) is 35.6 Å². The average molecular weight is 368 g/mol. The maximum absolute atomic E-state index is 12.5. The van der Waals surface area contributed by atoms with E-state index in [1.165, 1.54) is 6.92 Å². The van der Waals surface area contributed by atoms with E-state index < -0.39 is 10.0 Å². The van der Waals surface area contributed by atoms with E-state index in [1.54, 1.807) is 30.3 Å². The first-order valence-corrected chi connectivity index (χ1v) is 9.78. The molecule has 26 heavy (non-hydrogen) atoms. The van der Waals surface area contributed by atoms with Gasteiger partial charge in [-0.3, -0.25) is 4.79 Å². The Bertz CT molecular complexity index is 1030. The third-order valence-electron chi connectivity index (χ3n) is 4.02. The number of hydrogen-bond donors (Lipinski definition) is 2. The highest BCUT2D eigenvalue weighted by atomic mass is 32.2. The maximum Gasteiger partial charge on any atom is 0.240 e. The van der Waals surface area contributed by atoms with Crippen molar-refractivity contribution < 1.29 is 13.2 Å². The van der Waals surface area contributed by atoms with Gasteiger partial charge >= 0.3 is 0 Å². The number of sulfonamides is 1. The van der Waals surface area contributed by atoms with Gasteiger partial charge in [0, 0.05) is 24.5 Å². The second kappa shape index (κ2) is 7.68. The standard InChI is InChI=1S/C20H20N2O3S/c1-15(23)22-20-9-5-8-17-14-18(10-11-19(17)20)26(24,25)21-13-12-16-6-3-2-4-7-16/h2-11,14,21H,12-13H2,1H3,(H,22,23). The molecule has 0 fully saturated rings. The summed E-state index contributed by atoms with van der Waals surface area (Å²) in [6.07, 6.45) is 0.625. The Morgan fingerprint density at radius 2 is 1.73 bits per heavy atom. The van der Waals surface area contributed by atoms with Crippen LogP contribution in [0.2, 0.25) is 0 Å². The quantitative estimate of drug-likeness (QED) is 0.701. The number of benzene rings is 3. The van der Waals surface area contributed by atoms with Crippen molar-refractivity contribution in [3.05, 3.63) is 72.3 Å². The van der Waals surface area contributed by atoms with Crippen LogP contribution in [0.1, 0.15) is 12.5 Å². The normalized spacial score (nSPS) is 11.4. The van der Waals surface area contributed by atoms with Gasteiger partial charge < -0.3 is 5.32 Å². The molecular formula is C20H20N2O3S. The lowest BCUT2D eigenvalue weighted by atomic mass is 10.1. The Kier molecular flexibility index (Phi) is 5.35. The van der Waals surface area contributed by atoms with Crippen LogP contribution in [-0.2, 0) is 21.2 Å². The SMILES string of the molecule is CC(=O)Nc1cccc2cc(S(=O)(=O)NCCc3ccccc3)ccc12. The minimum atomic E-state index is -3.60. The van der Waals surface area contributed by atoms with Gasteiger partial charge in [-0.1, -0.05) is 48.5 Å². The molecule has 0 aliphatic rings. The van der Waals surface area contributed by atoms with Crippen LogP contribution in [0.3, 0.4) is 0 Å². The van der Waals surface area contributed by atoms with Crippen molar-refractivity contribution in [1.29, 1.82) is 0 Å². The second-order valence-electron chi connectivity index (χ2n) is 6.00. The van der Waals surface area contributed by atoms with Crippen molar-refractivity contribution in [3.63, 3.8) is 0 Å². The Morgan fingerprint density at radius 3 is 2.46 bits per heavy atom. The molecule has 0 bridgehead atoms. The Hall–Kier alpha value is -2.70. The van der Waals surface area contributed by atoms with Crippen LogP contribution in [-0.4, -0.2) is 20.9 Å². The van der Waals surface area contributed by atoms with Crippen molar-refractivity contribution >= 4 is 32.4 Å². The zero-order valence-electron chi connectivity index (χ0n) is 14.4. The molecule has 3 aromatic carbocycles. The fourth-order valence-electron chi connectivity index (χ4n) is 2.79. The summed E-state index contributed by atoms with van der Waals surface area (Å²) in [6.45, 7) is 1.77. The second-order valence-corrected chi connectivity index (χ2v) is 7.77. The van der Waals surface area contributed by atoms with Crippen molar-refractivity contribution in [2.45, 2.75) is 18.2 Å². The molecule has 3 rings (SSSR count). The van der Waals surface area contributed by atoms with Gasteiger partial charge in [-0.25, -0.2) is 13.1 Å². The summed E-state index contributed by atoms with van der Waals surface area (Å²) in [5.41, 5.74) is 1.74. The van der Waals surface area contributed by atoms with Gasteiger partial charge in [0.15, 0.2) is 0 Å². The topological polar surface area (TPSA) is 75.3 Å². The lowest BCUT2D eigenvalue weighted by Crippen LogP contribution is -2.26. The molecule has 0 atom stereocenters. The molecule has 0 heterocycles. The van der Waals surface area contributed by atoms with Crippen molar-refractivity contribution in [1.82, 2.24) is 4.72 Å². The summed E-state index contributed by atoms with van der Waals surface area (Å²) in [7, 11) is -3.60. The number of nitrogens with one attached hydrogen (secondary N) is 2. The van der Waals surface area contributed by atoms with Gasteiger partial charge in [-0.15, -0.1) is 0 Å². The Morgan fingerprint density at radius 1 is 0.962 bits per heavy atom. The first-order valence-electron chi connectivity index (χ1n) is 8.30. The van der Waals surface area contributed by atoms with E-state index in [9.17, 15) is 13.2 Å². The number of amides is 1. The van der Waals surface area contributed by atoms with Crippen LogP contribution in [0.5, 0.6) is 0 Å². The molecule has 0 saturated heterocycles. The zero-order chi connectivity index (χ0) is 18.6. The molecule has 6 heteroatoms. The highest BCUT2D eigenvalue weighted by molar-refractivity contribution is 7.89. The zero-order valence-corrected chi connectivity index (χ0v) is 15.2. The monoisotopic (exact) mass is 368 g/mol. The number of anilines is 1. The van der Waals surface area contributed by atoms with Gasteiger partial charge in [-0.2, -0.15) is 0 Å². The molecule has 3 aromatic rings. The average Bonchev–Trinajstić information content (AvgIpc) is 2.62. The minimum Gasteiger partial charge on any atom is -0.326 e. The van der Waals surface area contributed by atoms with E-state index in [4.69, 9.17) is 0 Å². The fourth-order valence-corrected chi connectivity index (χ4v) is 3.85. The molecule has 0 aliphatic carbocycles. The molecule has 0 radical (unpaired) electrons. The minimum absolute atomic E-state index is 0.170.